The predicted octanol–water partition coefficient (Wildman–Crippen LogP) is 16.9. The van der Waals surface area contributed by atoms with E-state index in [1.807, 2.05) is 78.9 Å². The van der Waals surface area contributed by atoms with Crippen molar-refractivity contribution in [1.29, 1.82) is 0 Å². The van der Waals surface area contributed by atoms with Gasteiger partial charge in [0.2, 0.25) is 30.1 Å². The van der Waals surface area contributed by atoms with Gasteiger partial charge in [0.05, 0.1) is 57.6 Å². The molecule has 0 radical (unpaired) electrons. The van der Waals surface area contributed by atoms with Gasteiger partial charge in [-0.15, -0.1) is 0 Å². The Hall–Kier alpha value is -9.30. The Bertz CT molecular complexity index is 5530. The zero-order valence-corrected chi connectivity index (χ0v) is 54.6. The second-order valence-electron chi connectivity index (χ2n) is 25.3. The Labute approximate surface area is 563 Å². The SMILES string of the molecule is O=S(=O)(Cc1cccc(C(F)(F)F)c1)N1CC(c2cccc3c([C@@H]4c5cccc(-c6cccc7c([C@H]8c9ccccc9CCN8S(=O)(=O)Cc8ccccc8C(F)(F)F)c[nH]c67)c5CCN4S(=O)(=O)Cc4ccccc4C(F)(F)F)c[nH]c23)c2ccccc2[C@@H]1c1c[nH]c2ccccc12. The minimum Gasteiger partial charge on any atom is -0.361 e. The molecule has 6 heterocycles. The molecular weight excluding hydrogens is 1350 g/mol. The fraction of sp³-hybridized carbons (Fsp3) is 0.200. The van der Waals surface area contributed by atoms with E-state index in [-0.39, 0.29) is 38.0 Å². The fourth-order valence-corrected chi connectivity index (χ4v) is 20.5. The topological polar surface area (TPSA) is 160 Å². The van der Waals surface area contributed by atoms with Gasteiger partial charge < -0.3 is 15.0 Å². The Kier molecular flexibility index (Phi) is 16.3. The zero-order valence-electron chi connectivity index (χ0n) is 52.2. The number of aromatic amines is 3. The summed E-state index contributed by atoms with van der Waals surface area (Å²) in [6.07, 6.45) is -9.06. The standard InChI is InChI=1S/C75H59F9N6O6S3/c76-73(77,78)49-19-11-15-45(37-49)42-97(91,92)90-41-64(52-21-5-6-23-59(52)72(90)61-38-85-67-32-10-7-22-54(61)67)58-28-14-27-57-63(40-87-69(57)58)71-60-29-12-24-51(53(60)34-36-89(71)99(95,96)44-48-18-3-9-31-66(48)75(82,83)84)55-25-13-26-56-62(39-86-68(55)56)70-50-20-4-1-16-46(50)33-35-88(70)98(93,94)43-47-17-2-8-30-65(47)74(79,80)81/h1-32,37-40,64,70-72,85-87H,33-36,41-44H2/t64?,70-,71+,72-/m1/s1. The van der Waals surface area contributed by atoms with Gasteiger partial charge in [0.1, 0.15) is 0 Å². The molecule has 3 N–H and O–H groups in total. The van der Waals surface area contributed by atoms with Gasteiger partial charge in [-0.25, -0.2) is 25.3 Å². The van der Waals surface area contributed by atoms with Crippen molar-refractivity contribution >= 4 is 62.8 Å². The normalized spacial score (nSPS) is 18.4. The number of rotatable bonds is 14. The number of aromatic nitrogens is 3. The Morgan fingerprint density at radius 2 is 0.859 bits per heavy atom. The number of fused-ring (bicyclic) bond motifs is 6. The van der Waals surface area contributed by atoms with Gasteiger partial charge in [-0.3, -0.25) is 0 Å². The summed E-state index contributed by atoms with van der Waals surface area (Å²) < 4.78 is 225. The number of nitrogens with one attached hydrogen (secondary N) is 3. The number of sulfonamides is 3. The summed E-state index contributed by atoms with van der Waals surface area (Å²) in [5, 5.41) is 1.80. The maximum absolute atomic E-state index is 15.4. The van der Waals surface area contributed by atoms with Gasteiger partial charge >= 0.3 is 18.5 Å². The molecule has 15 rings (SSSR count). The van der Waals surface area contributed by atoms with Crippen molar-refractivity contribution in [2.45, 2.75) is 72.7 Å². The molecule has 4 atom stereocenters. The van der Waals surface area contributed by atoms with Gasteiger partial charge in [-0.05, 0) is 98.3 Å². The number of nitrogens with zero attached hydrogens (tertiary/aromatic N) is 3. The zero-order chi connectivity index (χ0) is 69.1. The van der Waals surface area contributed by atoms with Crippen molar-refractivity contribution in [2.24, 2.45) is 0 Å². The fourth-order valence-electron chi connectivity index (χ4n) is 15.4. The van der Waals surface area contributed by atoms with Crippen LogP contribution in [0.2, 0.25) is 0 Å². The van der Waals surface area contributed by atoms with Crippen LogP contribution in [0.3, 0.4) is 0 Å². The van der Waals surface area contributed by atoms with E-state index in [1.165, 1.54) is 49.3 Å². The highest BCUT2D eigenvalue weighted by Crippen LogP contribution is 2.51. The molecule has 12 nitrogen and oxygen atoms in total. The summed E-state index contributed by atoms with van der Waals surface area (Å²) in [7, 11) is -13.7. The van der Waals surface area contributed by atoms with Crippen LogP contribution in [-0.4, -0.2) is 72.8 Å². The van der Waals surface area contributed by atoms with Crippen LogP contribution in [0.5, 0.6) is 0 Å². The van der Waals surface area contributed by atoms with Crippen molar-refractivity contribution in [3.8, 4) is 11.1 Å². The van der Waals surface area contributed by atoms with E-state index in [1.54, 1.807) is 67.1 Å². The molecule has 9 aromatic carbocycles. The highest BCUT2D eigenvalue weighted by atomic mass is 32.2. The van der Waals surface area contributed by atoms with Crippen LogP contribution < -0.4 is 0 Å². The summed E-state index contributed by atoms with van der Waals surface area (Å²) in [4.78, 5) is 10.1. The van der Waals surface area contributed by atoms with Crippen LogP contribution in [0.15, 0.2) is 219 Å². The number of hydrogen-bond acceptors (Lipinski definition) is 6. The van der Waals surface area contributed by atoms with E-state index in [0.29, 0.717) is 77.4 Å². The average Bonchev–Trinajstić information content (AvgIpc) is 1.70. The second-order valence-corrected chi connectivity index (χ2v) is 31.1. The molecular formula is C75H59F9N6O6S3. The van der Waals surface area contributed by atoms with Gasteiger partial charge in [0.15, 0.2) is 0 Å². The third-order valence-corrected chi connectivity index (χ3v) is 25.0. The molecule has 24 heteroatoms. The maximum Gasteiger partial charge on any atom is 0.416 e. The van der Waals surface area contributed by atoms with E-state index < -0.39 is 118 Å². The van der Waals surface area contributed by atoms with Crippen LogP contribution >= 0.6 is 0 Å². The lowest BCUT2D eigenvalue weighted by Crippen LogP contribution is -2.43. The minimum atomic E-state index is -4.91. The van der Waals surface area contributed by atoms with Crippen LogP contribution in [0.25, 0.3) is 43.8 Å². The van der Waals surface area contributed by atoms with Crippen LogP contribution in [0, 0.1) is 0 Å². The lowest BCUT2D eigenvalue weighted by molar-refractivity contribution is -0.138. The molecule has 99 heavy (non-hydrogen) atoms. The molecule has 0 amide bonds. The molecule has 12 aromatic rings. The largest absolute Gasteiger partial charge is 0.416 e. The number of para-hydroxylation sites is 3. The number of H-pyrrole nitrogens is 3. The molecule has 1 unspecified atom stereocenters. The second kappa shape index (κ2) is 24.6. The molecule has 3 aromatic heterocycles. The highest BCUT2D eigenvalue weighted by molar-refractivity contribution is 7.88. The van der Waals surface area contributed by atoms with Crippen molar-refractivity contribution in [2.75, 3.05) is 19.6 Å². The Morgan fingerprint density at radius 3 is 1.54 bits per heavy atom. The van der Waals surface area contributed by atoms with Crippen LogP contribution in [0.1, 0.15) is 113 Å². The highest BCUT2D eigenvalue weighted by Gasteiger charge is 2.46. The number of alkyl halides is 9. The van der Waals surface area contributed by atoms with Gasteiger partial charge in [0, 0.05) is 93.6 Å². The quantitative estimate of drug-likeness (QED) is 0.0919. The van der Waals surface area contributed by atoms with Crippen molar-refractivity contribution in [1.82, 2.24) is 27.9 Å². The number of halogens is 9. The monoisotopic (exact) mass is 1410 g/mol. The Balaban J connectivity index is 0.864. The maximum atomic E-state index is 15.4. The summed E-state index contributed by atoms with van der Waals surface area (Å²) in [5.41, 5.74) is 4.98. The number of benzene rings is 9. The summed E-state index contributed by atoms with van der Waals surface area (Å²) >= 11 is 0. The van der Waals surface area contributed by atoms with Crippen molar-refractivity contribution < 1.29 is 64.8 Å². The van der Waals surface area contributed by atoms with Gasteiger partial charge in [0.25, 0.3) is 0 Å². The van der Waals surface area contributed by atoms with Crippen molar-refractivity contribution in [3.63, 3.8) is 0 Å². The number of hydrogen-bond donors (Lipinski definition) is 3. The first kappa shape index (κ1) is 65.6. The van der Waals surface area contributed by atoms with E-state index in [0.717, 1.165) is 58.4 Å². The van der Waals surface area contributed by atoms with Crippen LogP contribution in [0.4, 0.5) is 39.5 Å². The molecule has 3 aliphatic rings. The smallest absolute Gasteiger partial charge is 0.361 e. The molecule has 0 saturated carbocycles. The van der Waals surface area contributed by atoms with E-state index in [9.17, 15) is 47.9 Å². The molecule has 0 aliphatic carbocycles. The molecule has 0 spiro atoms. The molecule has 506 valence electrons. The first-order valence-corrected chi connectivity index (χ1v) is 36.6. The van der Waals surface area contributed by atoms with E-state index >= 15 is 16.8 Å². The first-order valence-electron chi connectivity index (χ1n) is 31.7. The summed E-state index contributed by atoms with van der Waals surface area (Å²) in [5.74, 6) is -3.51. The molecule has 3 aliphatic heterocycles. The average molecular weight is 1410 g/mol. The minimum absolute atomic E-state index is 0.0401. The van der Waals surface area contributed by atoms with E-state index in [2.05, 4.69) is 15.0 Å². The molecule has 0 fully saturated rings. The van der Waals surface area contributed by atoms with Gasteiger partial charge in [-0.1, -0.05) is 176 Å². The predicted molar refractivity (Wildman–Crippen MR) is 360 cm³/mol. The van der Waals surface area contributed by atoms with Crippen LogP contribution in [-0.2, 0) is 78.7 Å². The third-order valence-electron chi connectivity index (χ3n) is 19.6. The summed E-state index contributed by atoms with van der Waals surface area (Å²) in [6.45, 7) is -0.480. The summed E-state index contributed by atoms with van der Waals surface area (Å²) in [6, 6.07) is 48.3. The lowest BCUT2D eigenvalue weighted by Gasteiger charge is -2.41. The molecule has 0 saturated heterocycles. The van der Waals surface area contributed by atoms with Crippen molar-refractivity contribution in [3.05, 3.63) is 308 Å². The Morgan fingerprint density at radius 1 is 0.384 bits per heavy atom. The lowest BCUT2D eigenvalue weighted by atomic mass is 9.79. The third kappa shape index (κ3) is 11.8. The molecule has 0 bridgehead atoms. The van der Waals surface area contributed by atoms with E-state index in [4.69, 9.17) is 0 Å². The first-order chi connectivity index (χ1) is 47.2. The van der Waals surface area contributed by atoms with Gasteiger partial charge in [-0.2, -0.15) is 52.4 Å².